The number of carboxylic acids is 1. The third-order valence-corrected chi connectivity index (χ3v) is 2.73. The number of rotatable bonds is 1. The number of piperidine rings is 1. The lowest BCUT2D eigenvalue weighted by molar-refractivity contribution is -0.180. The van der Waals surface area contributed by atoms with Gasteiger partial charge in [-0.25, -0.2) is 9.59 Å². The average Bonchev–Trinajstić information content (AvgIpc) is 2.19. The Morgan fingerprint density at radius 2 is 1.94 bits per heavy atom. The van der Waals surface area contributed by atoms with Gasteiger partial charge in [-0.3, -0.25) is 0 Å². The molecule has 0 unspecified atom stereocenters. The second-order valence-electron chi connectivity index (χ2n) is 5.42. The zero-order valence-corrected chi connectivity index (χ0v) is 10.7. The van der Waals surface area contributed by atoms with Crippen molar-refractivity contribution in [1.82, 2.24) is 4.90 Å². The highest BCUT2D eigenvalue weighted by molar-refractivity contribution is 5.79. The molecule has 0 aromatic carbocycles. The summed E-state index contributed by atoms with van der Waals surface area (Å²) in [6, 6.07) is 0. The highest BCUT2D eigenvalue weighted by atomic mass is 16.6. The summed E-state index contributed by atoms with van der Waals surface area (Å²) in [5.41, 5.74) is -2.86. The van der Waals surface area contributed by atoms with Crippen molar-refractivity contribution in [3.63, 3.8) is 0 Å². The molecule has 1 amide bonds. The molecule has 1 saturated heterocycles. The van der Waals surface area contributed by atoms with Gasteiger partial charge in [0.25, 0.3) is 0 Å². The molecule has 7 nitrogen and oxygen atoms in total. The van der Waals surface area contributed by atoms with Gasteiger partial charge in [0.15, 0.2) is 5.60 Å². The van der Waals surface area contributed by atoms with Crippen LogP contribution in [0, 0.1) is 0 Å². The Bertz CT molecular complexity index is 350. The molecule has 0 bridgehead atoms. The number of carboxylic acid groups (broad SMARTS) is 1. The van der Waals surface area contributed by atoms with E-state index in [9.17, 15) is 19.8 Å². The molecule has 1 heterocycles. The largest absolute Gasteiger partial charge is 0.479 e. The van der Waals surface area contributed by atoms with Crippen LogP contribution in [-0.2, 0) is 9.53 Å². The van der Waals surface area contributed by atoms with Crippen molar-refractivity contribution in [3.05, 3.63) is 0 Å². The molecule has 0 aromatic rings. The monoisotopic (exact) mass is 261 g/mol. The Morgan fingerprint density at radius 3 is 2.33 bits per heavy atom. The van der Waals surface area contributed by atoms with Gasteiger partial charge in [0.05, 0.1) is 6.54 Å². The second-order valence-corrected chi connectivity index (χ2v) is 5.42. The predicted molar refractivity (Wildman–Crippen MR) is 61.0 cm³/mol. The molecule has 1 aliphatic heterocycles. The standard InChI is InChI=1S/C11H19NO6/c1-10(2,3)18-9(16)12-5-4-11(17,8(14)15)7(13)6-12/h7,13,17H,4-6H2,1-3H3,(H,14,15)/t7-,11+/m0/s1. The van der Waals surface area contributed by atoms with Crippen LogP contribution in [0.25, 0.3) is 0 Å². The lowest BCUT2D eigenvalue weighted by Crippen LogP contribution is -2.61. The van der Waals surface area contributed by atoms with Gasteiger partial charge in [-0.2, -0.15) is 0 Å². The molecular formula is C11H19NO6. The molecule has 0 saturated carbocycles. The fraction of sp³-hybridized carbons (Fsp3) is 0.818. The number of hydrogen-bond donors (Lipinski definition) is 3. The van der Waals surface area contributed by atoms with Crippen molar-refractivity contribution in [3.8, 4) is 0 Å². The SMILES string of the molecule is CC(C)(C)OC(=O)N1CC[C@](O)(C(=O)O)[C@@H](O)C1. The zero-order chi connectivity index (χ0) is 14.1. The Morgan fingerprint density at radius 1 is 1.39 bits per heavy atom. The Labute approximate surface area is 105 Å². The lowest BCUT2D eigenvalue weighted by atomic mass is 9.89. The Hall–Kier alpha value is -1.34. The van der Waals surface area contributed by atoms with E-state index in [4.69, 9.17) is 9.84 Å². The number of aliphatic hydroxyl groups excluding tert-OH is 1. The maximum absolute atomic E-state index is 11.7. The van der Waals surface area contributed by atoms with Crippen LogP contribution in [0.15, 0.2) is 0 Å². The number of ether oxygens (including phenoxy) is 1. The topological polar surface area (TPSA) is 107 Å². The first-order chi connectivity index (χ1) is 8.06. The third kappa shape index (κ3) is 3.11. The van der Waals surface area contributed by atoms with Gasteiger partial charge < -0.3 is 25.0 Å². The van der Waals surface area contributed by atoms with E-state index in [0.717, 1.165) is 0 Å². The number of aliphatic carboxylic acids is 1. The zero-order valence-electron chi connectivity index (χ0n) is 10.7. The van der Waals surface area contributed by atoms with E-state index >= 15 is 0 Å². The first-order valence-electron chi connectivity index (χ1n) is 5.68. The Kier molecular flexibility index (Phi) is 3.87. The van der Waals surface area contributed by atoms with Crippen molar-refractivity contribution in [2.75, 3.05) is 13.1 Å². The molecule has 18 heavy (non-hydrogen) atoms. The van der Waals surface area contributed by atoms with E-state index in [2.05, 4.69) is 0 Å². The number of β-amino-alcohol motifs (C(OH)–C–C–N with tert-alkyl or cyclic N) is 1. The molecule has 7 heteroatoms. The fourth-order valence-electron chi connectivity index (χ4n) is 1.66. The quantitative estimate of drug-likeness (QED) is 0.603. The van der Waals surface area contributed by atoms with Crippen LogP contribution in [-0.4, -0.2) is 62.7 Å². The summed E-state index contributed by atoms with van der Waals surface area (Å²) >= 11 is 0. The summed E-state index contributed by atoms with van der Waals surface area (Å²) in [7, 11) is 0. The summed E-state index contributed by atoms with van der Waals surface area (Å²) in [5, 5.41) is 28.2. The Balaban J connectivity index is 2.67. The summed E-state index contributed by atoms with van der Waals surface area (Å²) in [4.78, 5) is 23.7. The normalized spacial score (nSPS) is 28.9. The maximum Gasteiger partial charge on any atom is 0.410 e. The summed E-state index contributed by atoms with van der Waals surface area (Å²) in [5.74, 6) is -1.49. The van der Waals surface area contributed by atoms with Crippen molar-refractivity contribution in [1.29, 1.82) is 0 Å². The number of aliphatic hydroxyl groups is 2. The fourth-order valence-corrected chi connectivity index (χ4v) is 1.66. The predicted octanol–water partition coefficient (Wildman–Crippen LogP) is -0.196. The molecule has 0 aromatic heterocycles. The minimum absolute atomic E-state index is 0.0226. The minimum Gasteiger partial charge on any atom is -0.479 e. The van der Waals surface area contributed by atoms with Crippen molar-refractivity contribution in [2.45, 2.75) is 44.5 Å². The molecule has 3 N–H and O–H groups in total. The molecule has 1 rings (SSSR count). The van der Waals surface area contributed by atoms with E-state index < -0.39 is 29.4 Å². The maximum atomic E-state index is 11.7. The van der Waals surface area contributed by atoms with Gasteiger partial charge in [0.2, 0.25) is 0 Å². The van der Waals surface area contributed by atoms with Crippen LogP contribution < -0.4 is 0 Å². The minimum atomic E-state index is -2.20. The molecule has 0 spiro atoms. The van der Waals surface area contributed by atoms with Gasteiger partial charge >= 0.3 is 12.1 Å². The van der Waals surface area contributed by atoms with E-state index in [-0.39, 0.29) is 19.5 Å². The number of carbonyl (C=O) groups excluding carboxylic acids is 1. The van der Waals surface area contributed by atoms with Crippen LogP contribution in [0.2, 0.25) is 0 Å². The first kappa shape index (κ1) is 14.7. The van der Waals surface area contributed by atoms with Crippen molar-refractivity contribution >= 4 is 12.1 Å². The van der Waals surface area contributed by atoms with Crippen molar-refractivity contribution < 1.29 is 29.6 Å². The summed E-state index contributed by atoms with van der Waals surface area (Å²) in [6.45, 7) is 4.88. The number of hydrogen-bond acceptors (Lipinski definition) is 5. The smallest absolute Gasteiger partial charge is 0.410 e. The average molecular weight is 261 g/mol. The molecular weight excluding hydrogens is 242 g/mol. The van der Waals surface area contributed by atoms with Gasteiger partial charge in [0, 0.05) is 13.0 Å². The molecule has 2 atom stereocenters. The van der Waals surface area contributed by atoms with E-state index in [0.29, 0.717) is 0 Å². The molecule has 1 fully saturated rings. The van der Waals surface area contributed by atoms with Gasteiger partial charge in [-0.05, 0) is 20.8 Å². The summed E-state index contributed by atoms with van der Waals surface area (Å²) < 4.78 is 5.10. The van der Waals surface area contributed by atoms with Gasteiger partial charge in [0.1, 0.15) is 11.7 Å². The van der Waals surface area contributed by atoms with Gasteiger partial charge in [-0.1, -0.05) is 0 Å². The second kappa shape index (κ2) is 4.74. The lowest BCUT2D eigenvalue weighted by Gasteiger charge is -2.39. The third-order valence-electron chi connectivity index (χ3n) is 2.73. The number of amides is 1. The molecule has 0 radical (unpaired) electrons. The van der Waals surface area contributed by atoms with Gasteiger partial charge in [-0.15, -0.1) is 0 Å². The van der Waals surface area contributed by atoms with E-state index in [1.807, 2.05) is 0 Å². The number of likely N-dealkylation sites (tertiary alicyclic amines) is 1. The molecule has 1 aliphatic rings. The summed E-state index contributed by atoms with van der Waals surface area (Å²) in [6.07, 6.45) is -2.40. The van der Waals surface area contributed by atoms with Crippen LogP contribution >= 0.6 is 0 Å². The number of nitrogens with zero attached hydrogens (tertiary/aromatic N) is 1. The van der Waals surface area contributed by atoms with Crippen LogP contribution in [0.3, 0.4) is 0 Å². The molecule has 104 valence electrons. The van der Waals surface area contributed by atoms with Crippen LogP contribution in [0.5, 0.6) is 0 Å². The van der Waals surface area contributed by atoms with Crippen LogP contribution in [0.4, 0.5) is 4.79 Å². The highest BCUT2D eigenvalue weighted by Crippen LogP contribution is 2.24. The number of carbonyl (C=O) groups is 2. The van der Waals surface area contributed by atoms with E-state index in [1.54, 1.807) is 20.8 Å². The highest BCUT2D eigenvalue weighted by Gasteiger charge is 2.48. The molecule has 0 aliphatic carbocycles. The first-order valence-corrected chi connectivity index (χ1v) is 5.68. The van der Waals surface area contributed by atoms with Crippen molar-refractivity contribution in [2.24, 2.45) is 0 Å². The van der Waals surface area contributed by atoms with Crippen LogP contribution in [0.1, 0.15) is 27.2 Å². The van der Waals surface area contributed by atoms with E-state index in [1.165, 1.54) is 4.90 Å².